The standard InChI is InChI=1S/C14H14N2O2/c17-10-12-1-3-13(4-2-12)16-14(18)9-11-5-7-15-8-6-11/h1-8,17H,9-10H2,(H,16,18). The molecule has 0 unspecified atom stereocenters. The highest BCUT2D eigenvalue weighted by atomic mass is 16.3. The maximum Gasteiger partial charge on any atom is 0.228 e. The van der Waals surface area contributed by atoms with Crippen molar-refractivity contribution in [2.75, 3.05) is 5.32 Å². The lowest BCUT2D eigenvalue weighted by Crippen LogP contribution is -2.14. The average molecular weight is 242 g/mol. The monoisotopic (exact) mass is 242 g/mol. The number of hydrogen-bond acceptors (Lipinski definition) is 3. The summed E-state index contributed by atoms with van der Waals surface area (Å²) >= 11 is 0. The zero-order chi connectivity index (χ0) is 12.8. The molecule has 92 valence electrons. The number of hydrogen-bond donors (Lipinski definition) is 2. The first kappa shape index (κ1) is 12.3. The normalized spacial score (nSPS) is 10.1. The maximum absolute atomic E-state index is 11.8. The molecule has 1 amide bonds. The number of carbonyl (C=O) groups excluding carboxylic acids is 1. The number of aliphatic hydroxyl groups is 1. The van der Waals surface area contributed by atoms with E-state index in [4.69, 9.17) is 5.11 Å². The summed E-state index contributed by atoms with van der Waals surface area (Å²) in [7, 11) is 0. The Morgan fingerprint density at radius 3 is 2.33 bits per heavy atom. The first-order valence-corrected chi connectivity index (χ1v) is 5.66. The van der Waals surface area contributed by atoms with Gasteiger partial charge < -0.3 is 10.4 Å². The molecule has 0 bridgehead atoms. The van der Waals surface area contributed by atoms with Crippen LogP contribution < -0.4 is 5.32 Å². The summed E-state index contributed by atoms with van der Waals surface area (Å²) in [5, 5.41) is 11.7. The molecule has 2 N–H and O–H groups in total. The summed E-state index contributed by atoms with van der Waals surface area (Å²) < 4.78 is 0. The van der Waals surface area contributed by atoms with Gasteiger partial charge in [0.15, 0.2) is 0 Å². The predicted molar refractivity (Wildman–Crippen MR) is 68.9 cm³/mol. The van der Waals surface area contributed by atoms with Crippen LogP contribution in [0.1, 0.15) is 11.1 Å². The van der Waals surface area contributed by atoms with E-state index < -0.39 is 0 Å². The third-order valence-electron chi connectivity index (χ3n) is 2.53. The fourth-order valence-corrected chi connectivity index (χ4v) is 1.58. The third-order valence-corrected chi connectivity index (χ3v) is 2.53. The minimum absolute atomic E-state index is 0.00520. The lowest BCUT2D eigenvalue weighted by atomic mass is 10.2. The van der Waals surface area contributed by atoms with Gasteiger partial charge in [0.2, 0.25) is 5.91 Å². The summed E-state index contributed by atoms with van der Waals surface area (Å²) in [5.74, 6) is -0.0713. The van der Waals surface area contributed by atoms with E-state index in [1.165, 1.54) is 0 Å². The molecule has 0 aliphatic heterocycles. The molecule has 0 aliphatic rings. The van der Waals surface area contributed by atoms with Crippen LogP contribution in [0.2, 0.25) is 0 Å². The number of carbonyl (C=O) groups is 1. The Balaban J connectivity index is 1.94. The summed E-state index contributed by atoms with van der Waals surface area (Å²) in [6, 6.07) is 10.7. The zero-order valence-electron chi connectivity index (χ0n) is 9.84. The molecule has 0 saturated carbocycles. The minimum atomic E-state index is -0.0713. The molecule has 1 aromatic heterocycles. The van der Waals surface area contributed by atoms with Crippen LogP contribution in [0.15, 0.2) is 48.8 Å². The highest BCUT2D eigenvalue weighted by Crippen LogP contribution is 2.10. The van der Waals surface area contributed by atoms with Gasteiger partial charge in [-0.3, -0.25) is 9.78 Å². The van der Waals surface area contributed by atoms with Crippen molar-refractivity contribution in [1.82, 2.24) is 4.98 Å². The van der Waals surface area contributed by atoms with Crippen LogP contribution in [0.4, 0.5) is 5.69 Å². The first-order chi connectivity index (χ1) is 8.78. The Hall–Kier alpha value is -2.20. The number of anilines is 1. The van der Waals surface area contributed by atoms with Gasteiger partial charge in [-0.25, -0.2) is 0 Å². The number of pyridine rings is 1. The van der Waals surface area contributed by atoms with E-state index in [1.54, 1.807) is 36.7 Å². The molecule has 2 rings (SSSR count). The molecule has 0 saturated heterocycles. The molecule has 0 spiro atoms. The highest BCUT2D eigenvalue weighted by Gasteiger charge is 2.03. The quantitative estimate of drug-likeness (QED) is 0.858. The molecule has 0 atom stereocenters. The summed E-state index contributed by atoms with van der Waals surface area (Å²) in [6.07, 6.45) is 3.65. The number of aromatic nitrogens is 1. The van der Waals surface area contributed by atoms with E-state index in [9.17, 15) is 4.79 Å². The van der Waals surface area contributed by atoms with Gasteiger partial charge in [-0.05, 0) is 35.4 Å². The van der Waals surface area contributed by atoms with E-state index in [0.717, 1.165) is 16.8 Å². The topological polar surface area (TPSA) is 62.2 Å². The van der Waals surface area contributed by atoms with Crippen LogP contribution >= 0.6 is 0 Å². The molecular weight excluding hydrogens is 228 g/mol. The molecule has 4 heteroatoms. The molecule has 18 heavy (non-hydrogen) atoms. The third kappa shape index (κ3) is 3.40. The van der Waals surface area contributed by atoms with Gasteiger partial charge in [-0.1, -0.05) is 12.1 Å². The van der Waals surface area contributed by atoms with Gasteiger partial charge in [-0.2, -0.15) is 0 Å². The van der Waals surface area contributed by atoms with Gasteiger partial charge in [0.25, 0.3) is 0 Å². The summed E-state index contributed by atoms with van der Waals surface area (Å²) in [6.45, 7) is 0.00520. The smallest absolute Gasteiger partial charge is 0.228 e. The van der Waals surface area contributed by atoms with Crippen LogP contribution in [0.5, 0.6) is 0 Å². The van der Waals surface area contributed by atoms with Gasteiger partial charge >= 0.3 is 0 Å². The molecule has 0 aliphatic carbocycles. The Morgan fingerprint density at radius 1 is 1.06 bits per heavy atom. The van der Waals surface area contributed by atoms with Gasteiger partial charge in [0.1, 0.15) is 0 Å². The molecule has 0 radical (unpaired) electrons. The largest absolute Gasteiger partial charge is 0.392 e. The van der Waals surface area contributed by atoms with Gasteiger partial charge in [0, 0.05) is 18.1 Å². The number of benzene rings is 1. The minimum Gasteiger partial charge on any atom is -0.392 e. The van der Waals surface area contributed by atoms with Crippen molar-refractivity contribution in [3.05, 3.63) is 59.9 Å². The van der Waals surface area contributed by atoms with Gasteiger partial charge in [-0.15, -0.1) is 0 Å². The number of amides is 1. The fourth-order valence-electron chi connectivity index (χ4n) is 1.58. The zero-order valence-corrected chi connectivity index (χ0v) is 9.84. The molecule has 4 nitrogen and oxygen atoms in total. The van der Waals surface area contributed by atoms with Gasteiger partial charge in [0.05, 0.1) is 13.0 Å². The first-order valence-electron chi connectivity index (χ1n) is 5.66. The highest BCUT2D eigenvalue weighted by molar-refractivity contribution is 5.92. The SMILES string of the molecule is O=C(Cc1ccncc1)Nc1ccc(CO)cc1. The molecule has 1 heterocycles. The molecule has 2 aromatic rings. The second-order valence-corrected chi connectivity index (χ2v) is 3.94. The lowest BCUT2D eigenvalue weighted by Gasteiger charge is -2.05. The van der Waals surface area contributed by atoms with Crippen molar-refractivity contribution in [3.8, 4) is 0 Å². The summed E-state index contributed by atoms with van der Waals surface area (Å²) in [5.41, 5.74) is 2.47. The lowest BCUT2D eigenvalue weighted by molar-refractivity contribution is -0.115. The van der Waals surface area contributed by atoms with Crippen LogP contribution in [-0.4, -0.2) is 16.0 Å². The fraction of sp³-hybridized carbons (Fsp3) is 0.143. The maximum atomic E-state index is 11.8. The van der Waals surface area contributed by atoms with E-state index >= 15 is 0 Å². The number of nitrogens with one attached hydrogen (secondary N) is 1. The Morgan fingerprint density at radius 2 is 1.72 bits per heavy atom. The van der Waals surface area contributed by atoms with Crippen molar-refractivity contribution in [2.24, 2.45) is 0 Å². The van der Waals surface area contributed by atoms with E-state index in [1.807, 2.05) is 12.1 Å². The number of aliphatic hydroxyl groups excluding tert-OH is 1. The molecule has 0 fully saturated rings. The Bertz CT molecular complexity index is 509. The van der Waals surface area contributed by atoms with Crippen molar-refractivity contribution >= 4 is 11.6 Å². The van der Waals surface area contributed by atoms with Crippen molar-refractivity contribution in [2.45, 2.75) is 13.0 Å². The Labute approximate surface area is 105 Å². The number of nitrogens with zero attached hydrogens (tertiary/aromatic N) is 1. The second-order valence-electron chi connectivity index (χ2n) is 3.94. The van der Waals surface area contributed by atoms with Crippen molar-refractivity contribution in [3.63, 3.8) is 0 Å². The van der Waals surface area contributed by atoms with E-state index in [-0.39, 0.29) is 12.5 Å². The molecular formula is C14H14N2O2. The van der Waals surface area contributed by atoms with E-state index in [2.05, 4.69) is 10.3 Å². The Kier molecular flexibility index (Phi) is 4.04. The number of rotatable bonds is 4. The molecule has 1 aromatic carbocycles. The van der Waals surface area contributed by atoms with Crippen LogP contribution in [-0.2, 0) is 17.8 Å². The second kappa shape index (κ2) is 5.93. The van der Waals surface area contributed by atoms with Crippen LogP contribution in [0.25, 0.3) is 0 Å². The van der Waals surface area contributed by atoms with Crippen molar-refractivity contribution < 1.29 is 9.90 Å². The summed E-state index contributed by atoms with van der Waals surface area (Å²) in [4.78, 5) is 15.7. The van der Waals surface area contributed by atoms with E-state index in [0.29, 0.717) is 6.42 Å². The average Bonchev–Trinajstić information content (AvgIpc) is 2.40. The van der Waals surface area contributed by atoms with Crippen LogP contribution in [0.3, 0.4) is 0 Å². The van der Waals surface area contributed by atoms with Crippen molar-refractivity contribution in [1.29, 1.82) is 0 Å². The predicted octanol–water partition coefficient (Wildman–Crippen LogP) is 1.76. The van der Waals surface area contributed by atoms with Crippen LogP contribution in [0, 0.1) is 0 Å².